The first-order chi connectivity index (χ1) is 7.31. The molecule has 1 rings (SSSR count). The summed E-state index contributed by atoms with van der Waals surface area (Å²) in [6.07, 6.45) is 0.776. The fourth-order valence-corrected chi connectivity index (χ4v) is 1.03. The van der Waals surface area contributed by atoms with Gasteiger partial charge < -0.3 is 9.47 Å². The number of benzene rings is 1. The molecule has 1 aromatic rings. The molecule has 0 radical (unpaired) electrons. The first-order valence-corrected chi connectivity index (χ1v) is 4.67. The van der Waals surface area contributed by atoms with Gasteiger partial charge in [-0.15, -0.1) is 0 Å². The van der Waals surface area contributed by atoms with Crippen molar-refractivity contribution in [2.24, 2.45) is 0 Å². The van der Waals surface area contributed by atoms with Gasteiger partial charge in [0.25, 0.3) is 0 Å². The zero-order chi connectivity index (χ0) is 11.7. The van der Waals surface area contributed by atoms with Crippen LogP contribution in [0.1, 0.15) is 17.3 Å². The Bertz CT molecular complexity index is 314. The van der Waals surface area contributed by atoms with E-state index in [0.29, 0.717) is 23.7 Å². The van der Waals surface area contributed by atoms with Crippen molar-refractivity contribution in [1.82, 2.24) is 0 Å². The van der Waals surface area contributed by atoms with Crippen LogP contribution in [0.5, 0.6) is 11.5 Å². The SMILES string of the molecule is CCOc1ccc(C=O)cc1OC.[O]=[Fe]. The molecule has 1 aromatic carbocycles. The molecule has 84 valence electrons. The van der Waals surface area contributed by atoms with Crippen LogP contribution in [-0.4, -0.2) is 20.0 Å². The van der Waals surface area contributed by atoms with Gasteiger partial charge in [-0.3, -0.25) is 4.79 Å². The Kier molecular flexibility index (Phi) is 7.50. The molecule has 15 heavy (non-hydrogen) atoms. The average molecular weight is 252 g/mol. The third kappa shape index (κ3) is 4.23. The zero-order valence-electron chi connectivity index (χ0n) is 8.50. The van der Waals surface area contributed by atoms with E-state index in [4.69, 9.17) is 13.3 Å². The van der Waals surface area contributed by atoms with Crippen molar-refractivity contribution in [1.29, 1.82) is 0 Å². The summed E-state index contributed by atoms with van der Waals surface area (Å²) in [4.78, 5) is 10.4. The van der Waals surface area contributed by atoms with Crippen molar-refractivity contribution in [3.8, 4) is 11.5 Å². The molecule has 0 atom stereocenters. The molecule has 0 aromatic heterocycles. The van der Waals surface area contributed by atoms with Crippen molar-refractivity contribution in [3.63, 3.8) is 0 Å². The average Bonchev–Trinajstić information content (AvgIpc) is 2.32. The molecule has 0 N–H and O–H groups in total. The van der Waals surface area contributed by atoms with E-state index in [2.05, 4.69) is 0 Å². The van der Waals surface area contributed by atoms with Gasteiger partial charge >= 0.3 is 19.8 Å². The fourth-order valence-electron chi connectivity index (χ4n) is 1.03. The number of aldehydes is 1. The number of hydrogen-bond donors (Lipinski definition) is 0. The zero-order valence-corrected chi connectivity index (χ0v) is 9.61. The topological polar surface area (TPSA) is 52.6 Å². The maximum atomic E-state index is 10.4. The van der Waals surface area contributed by atoms with Crippen LogP contribution in [0.4, 0.5) is 0 Å². The first kappa shape index (κ1) is 13.8. The summed E-state index contributed by atoms with van der Waals surface area (Å²) in [5, 5.41) is 0. The van der Waals surface area contributed by atoms with Crippen LogP contribution in [0.2, 0.25) is 0 Å². The van der Waals surface area contributed by atoms with E-state index in [1.807, 2.05) is 22.9 Å². The van der Waals surface area contributed by atoms with Crippen LogP contribution in [0.3, 0.4) is 0 Å². The van der Waals surface area contributed by atoms with Crippen LogP contribution in [-0.2, 0) is 19.8 Å². The van der Waals surface area contributed by atoms with Crippen molar-refractivity contribution >= 4 is 6.29 Å². The van der Waals surface area contributed by atoms with Crippen molar-refractivity contribution in [2.45, 2.75) is 6.92 Å². The summed E-state index contributed by atoms with van der Waals surface area (Å²) in [7, 11) is 1.55. The van der Waals surface area contributed by atoms with E-state index in [1.165, 1.54) is 0 Å². The van der Waals surface area contributed by atoms with E-state index in [0.717, 1.165) is 6.29 Å². The van der Waals surface area contributed by atoms with Gasteiger partial charge in [0.05, 0.1) is 13.7 Å². The molecule has 5 heteroatoms. The van der Waals surface area contributed by atoms with E-state index >= 15 is 0 Å². The number of ether oxygens (including phenoxy) is 2. The molecule has 4 nitrogen and oxygen atoms in total. The minimum atomic E-state index is 0.580. The van der Waals surface area contributed by atoms with Gasteiger partial charge in [0.15, 0.2) is 11.5 Å². The predicted octanol–water partition coefficient (Wildman–Crippen LogP) is 1.79. The number of carbonyl (C=O) groups is 1. The molecule has 0 aliphatic heterocycles. The minimum absolute atomic E-state index is 0.580. The molecule has 0 amide bonds. The van der Waals surface area contributed by atoms with Gasteiger partial charge in [0.1, 0.15) is 6.29 Å². The summed E-state index contributed by atoms with van der Waals surface area (Å²) in [6, 6.07) is 5.07. The van der Waals surface area contributed by atoms with Gasteiger partial charge in [-0.1, -0.05) is 0 Å². The van der Waals surface area contributed by atoms with Gasteiger partial charge in [-0.25, -0.2) is 0 Å². The molecule has 0 saturated heterocycles. The molecule has 0 heterocycles. The molecule has 0 saturated carbocycles. The first-order valence-electron chi connectivity index (χ1n) is 4.22. The normalized spacial score (nSPS) is 8.47. The molecule has 0 bridgehead atoms. The van der Waals surface area contributed by atoms with E-state index in [9.17, 15) is 4.79 Å². The number of rotatable bonds is 4. The van der Waals surface area contributed by atoms with Gasteiger partial charge in [0.2, 0.25) is 0 Å². The molecule has 0 aliphatic carbocycles. The Morgan fingerprint density at radius 2 is 2.00 bits per heavy atom. The van der Waals surface area contributed by atoms with E-state index in [-0.39, 0.29) is 0 Å². The van der Waals surface area contributed by atoms with E-state index < -0.39 is 0 Å². The number of methoxy groups -OCH3 is 1. The predicted molar refractivity (Wildman–Crippen MR) is 50.2 cm³/mol. The molecule has 0 spiro atoms. The second-order valence-electron chi connectivity index (χ2n) is 2.46. The summed E-state index contributed by atoms with van der Waals surface area (Å²) in [6.45, 7) is 2.48. The quantitative estimate of drug-likeness (QED) is 0.605. The van der Waals surface area contributed by atoms with Crippen LogP contribution >= 0.6 is 0 Å². The van der Waals surface area contributed by atoms with Crippen LogP contribution < -0.4 is 9.47 Å². The fraction of sp³-hybridized carbons (Fsp3) is 0.300. The van der Waals surface area contributed by atoms with Crippen LogP contribution in [0, 0.1) is 0 Å². The van der Waals surface area contributed by atoms with Crippen LogP contribution in [0.25, 0.3) is 0 Å². The summed E-state index contributed by atoms with van der Waals surface area (Å²) >= 11 is 2.00. The standard InChI is InChI=1S/C10H12O3.Fe.O/c1-3-13-9-5-4-8(7-11)6-10(9)12-2;;/h4-7H,3H2,1-2H3;;. The Labute approximate surface area is 96.6 Å². The van der Waals surface area contributed by atoms with Crippen molar-refractivity contribution < 1.29 is 34.0 Å². The molecule has 0 fully saturated rings. The Balaban J connectivity index is 0.000000921. The molecule has 0 aliphatic rings. The maximum absolute atomic E-state index is 10.4. The molecule has 0 unspecified atom stereocenters. The summed E-state index contributed by atoms with van der Waals surface area (Å²) in [5.74, 6) is 1.25. The summed E-state index contributed by atoms with van der Waals surface area (Å²) < 4.78 is 18.3. The van der Waals surface area contributed by atoms with Crippen LogP contribution in [0.15, 0.2) is 18.2 Å². The Morgan fingerprint density at radius 1 is 1.33 bits per heavy atom. The Morgan fingerprint density at radius 3 is 2.47 bits per heavy atom. The third-order valence-electron chi connectivity index (χ3n) is 1.62. The van der Waals surface area contributed by atoms with Gasteiger partial charge in [0, 0.05) is 5.56 Å². The third-order valence-corrected chi connectivity index (χ3v) is 1.62. The Hall–Kier alpha value is -1.19. The van der Waals surface area contributed by atoms with Crippen molar-refractivity contribution in [3.05, 3.63) is 23.8 Å². The van der Waals surface area contributed by atoms with Gasteiger partial charge in [-0.05, 0) is 25.1 Å². The monoisotopic (exact) mass is 252 g/mol. The second kappa shape index (κ2) is 8.15. The molecular weight excluding hydrogens is 240 g/mol. The molecular formula is C10H12FeO4. The van der Waals surface area contributed by atoms with Crippen molar-refractivity contribution in [2.75, 3.05) is 13.7 Å². The number of hydrogen-bond acceptors (Lipinski definition) is 4. The van der Waals surface area contributed by atoms with Gasteiger partial charge in [-0.2, -0.15) is 0 Å². The summed E-state index contributed by atoms with van der Waals surface area (Å²) in [5.41, 5.74) is 0.584. The van der Waals surface area contributed by atoms with E-state index in [1.54, 1.807) is 25.3 Å². The second-order valence-corrected chi connectivity index (χ2v) is 2.46. The number of carbonyl (C=O) groups excluding carboxylic acids is 1.